The van der Waals surface area contributed by atoms with Crippen molar-refractivity contribution in [1.29, 1.82) is 0 Å². The molecule has 7 rings (SSSR count). The first-order valence-electron chi connectivity index (χ1n) is 20.3. The smallest absolute Gasteiger partial charge is 0.115 e. The van der Waals surface area contributed by atoms with Crippen LogP contribution >= 0.6 is 0 Å². The third kappa shape index (κ3) is 6.54. The lowest BCUT2D eigenvalue weighted by Crippen LogP contribution is -2.11. The maximum atomic E-state index is 10.3. The fourth-order valence-corrected chi connectivity index (χ4v) is 9.21. The molecule has 0 atom stereocenters. The maximum absolute atomic E-state index is 10.3. The molecule has 0 saturated heterocycles. The van der Waals surface area contributed by atoms with Crippen LogP contribution in [0.4, 0.5) is 0 Å². The summed E-state index contributed by atoms with van der Waals surface area (Å²) >= 11 is 0. The molecular formula is C49H57N5O. The second-order valence-electron chi connectivity index (χ2n) is 15.2. The molecule has 0 fully saturated rings. The van der Waals surface area contributed by atoms with Gasteiger partial charge in [-0.3, -0.25) is 0 Å². The van der Waals surface area contributed by atoms with Crippen LogP contribution in [0.5, 0.6) is 5.75 Å². The number of aromatic hydroxyl groups is 1. The number of aromatic nitrogens is 4. The maximum Gasteiger partial charge on any atom is 0.115 e. The van der Waals surface area contributed by atoms with Crippen LogP contribution in [-0.2, 0) is 25.8 Å². The van der Waals surface area contributed by atoms with E-state index in [0.717, 1.165) is 101 Å². The van der Waals surface area contributed by atoms with Gasteiger partial charge < -0.3 is 20.0 Å². The largest absolute Gasteiger partial charge is 0.508 e. The van der Waals surface area contributed by atoms with Crippen LogP contribution in [0.25, 0.3) is 66.6 Å². The number of aryl methyl sites for hydroxylation is 4. The topological polar surface area (TPSA) is 80.8 Å². The van der Waals surface area contributed by atoms with E-state index in [4.69, 9.17) is 9.97 Å². The molecule has 5 heterocycles. The molecule has 3 N–H and O–H groups in total. The molecule has 8 bridgehead atoms. The second kappa shape index (κ2) is 15.5. The van der Waals surface area contributed by atoms with Crippen LogP contribution in [0.1, 0.15) is 118 Å². The monoisotopic (exact) mass is 731 g/mol. The van der Waals surface area contributed by atoms with Crippen molar-refractivity contribution in [3.8, 4) is 28.0 Å². The number of hydrogen-bond acceptors (Lipinski definition) is 4. The predicted molar refractivity (Wildman–Crippen MR) is 234 cm³/mol. The predicted octanol–water partition coefficient (Wildman–Crippen LogP) is 12.5. The van der Waals surface area contributed by atoms with Gasteiger partial charge in [0.2, 0.25) is 0 Å². The first-order chi connectivity index (χ1) is 26.6. The van der Waals surface area contributed by atoms with Gasteiger partial charge in [0.1, 0.15) is 5.75 Å². The van der Waals surface area contributed by atoms with Gasteiger partial charge in [0.15, 0.2) is 0 Å². The van der Waals surface area contributed by atoms with Crippen LogP contribution in [0.2, 0.25) is 0 Å². The average Bonchev–Trinajstić information content (AvgIpc) is 3.89. The van der Waals surface area contributed by atoms with E-state index in [9.17, 15) is 5.11 Å². The Morgan fingerprint density at radius 2 is 1.18 bits per heavy atom. The third-order valence-electron chi connectivity index (χ3n) is 11.8. The minimum absolute atomic E-state index is 0.248. The summed E-state index contributed by atoms with van der Waals surface area (Å²) in [5.41, 5.74) is 24.5. The number of allylic oxidation sites excluding steroid dienone is 4. The Labute approximate surface area is 327 Å². The highest BCUT2D eigenvalue weighted by Crippen LogP contribution is 2.45. The highest BCUT2D eigenvalue weighted by molar-refractivity contribution is 6.04. The molecule has 55 heavy (non-hydrogen) atoms. The number of aromatic amines is 2. The standard InChI is InChI=1S/C49H57N5O/c1-11-33-28(7)46-44(30-21-23-32(55)24-22-30)47-29(8)34(12-2)41(51-47)26-43-36(14-4)38(16-6)49(53-43)45(39-20-18-17-19-31(39)27-54(9)10)48-37(15-5)35(13-3)42(52-48)25-40(33)50-46/h17-26,50,53,55H,11-16,27H2,1-10H3. The van der Waals surface area contributed by atoms with Gasteiger partial charge in [-0.25, -0.2) is 9.97 Å². The number of rotatable bonds is 10. The van der Waals surface area contributed by atoms with Crippen molar-refractivity contribution in [1.82, 2.24) is 24.8 Å². The van der Waals surface area contributed by atoms with E-state index in [-0.39, 0.29) is 5.75 Å². The Kier molecular flexibility index (Phi) is 10.7. The fourth-order valence-electron chi connectivity index (χ4n) is 9.21. The van der Waals surface area contributed by atoms with Crippen molar-refractivity contribution in [3.63, 3.8) is 0 Å². The van der Waals surface area contributed by atoms with Gasteiger partial charge in [-0.2, -0.15) is 0 Å². The van der Waals surface area contributed by atoms with Gasteiger partial charge in [0, 0.05) is 28.7 Å². The molecule has 0 radical (unpaired) electrons. The summed E-state index contributed by atoms with van der Waals surface area (Å²) in [4.78, 5) is 21.5. The first kappa shape index (κ1) is 38.1. The number of phenols is 1. The number of phenolic OH excluding ortho intramolecular Hbond substituents is 1. The van der Waals surface area contributed by atoms with Gasteiger partial charge in [0.25, 0.3) is 0 Å². The molecule has 2 aromatic carbocycles. The molecule has 0 amide bonds. The zero-order valence-electron chi connectivity index (χ0n) is 34.5. The van der Waals surface area contributed by atoms with Gasteiger partial charge in [-0.1, -0.05) is 77.9 Å². The normalized spacial score (nSPS) is 13.1. The van der Waals surface area contributed by atoms with Crippen molar-refractivity contribution in [3.05, 3.63) is 111 Å². The van der Waals surface area contributed by atoms with Crippen LogP contribution in [0.3, 0.4) is 0 Å². The number of fused-ring (bicyclic) bond motifs is 8. The zero-order chi connectivity index (χ0) is 39.1. The van der Waals surface area contributed by atoms with Crippen LogP contribution in [0, 0.1) is 6.92 Å². The van der Waals surface area contributed by atoms with E-state index in [1.54, 1.807) is 12.1 Å². The molecule has 0 unspecified atom stereocenters. The summed E-state index contributed by atoms with van der Waals surface area (Å²) in [6.45, 7) is 18.9. The minimum Gasteiger partial charge on any atom is -0.508 e. The SMILES string of the molecule is CCC1=C(C)c2nc1cc1[nH]c(c(CC)c1CC)c(-c1ccccc1CN(C)C)c1nc(cc3[nH]c(c(C)c3CC)c2-c2ccc(O)cc2)C(CC)=C1CC. The van der Waals surface area contributed by atoms with Crippen LogP contribution in [0.15, 0.2) is 60.7 Å². The lowest BCUT2D eigenvalue weighted by molar-refractivity contribution is 0.403. The van der Waals surface area contributed by atoms with Crippen molar-refractivity contribution in [2.45, 2.75) is 100 Å². The Hall–Kier alpha value is -5.20. The molecular weight excluding hydrogens is 675 g/mol. The number of H-pyrrole nitrogens is 2. The van der Waals surface area contributed by atoms with E-state index >= 15 is 0 Å². The molecule has 0 spiro atoms. The van der Waals surface area contributed by atoms with Gasteiger partial charge >= 0.3 is 0 Å². The number of benzene rings is 2. The Balaban J connectivity index is 1.79. The highest BCUT2D eigenvalue weighted by atomic mass is 16.3. The minimum atomic E-state index is 0.248. The second-order valence-corrected chi connectivity index (χ2v) is 15.2. The van der Waals surface area contributed by atoms with E-state index in [2.05, 4.69) is 121 Å². The van der Waals surface area contributed by atoms with Crippen molar-refractivity contribution in [2.75, 3.05) is 14.1 Å². The molecule has 3 aromatic heterocycles. The average molecular weight is 732 g/mol. The molecule has 2 aliphatic rings. The Morgan fingerprint density at radius 3 is 1.80 bits per heavy atom. The number of hydrogen-bond donors (Lipinski definition) is 3. The first-order valence-corrected chi connectivity index (χ1v) is 20.3. The van der Waals surface area contributed by atoms with Crippen molar-refractivity contribution in [2.24, 2.45) is 0 Å². The van der Waals surface area contributed by atoms with Crippen molar-refractivity contribution >= 4 is 44.4 Å². The van der Waals surface area contributed by atoms with E-state index in [1.807, 2.05) is 12.1 Å². The summed E-state index contributed by atoms with van der Waals surface area (Å²) in [5.74, 6) is 0.248. The lowest BCUT2D eigenvalue weighted by Gasteiger charge is -2.17. The summed E-state index contributed by atoms with van der Waals surface area (Å²) in [7, 11) is 4.29. The number of nitrogens with zero attached hydrogens (tertiary/aromatic N) is 3. The van der Waals surface area contributed by atoms with E-state index in [1.165, 1.54) is 61.2 Å². The summed E-state index contributed by atoms with van der Waals surface area (Å²) in [6, 6.07) is 21.1. The number of nitrogens with one attached hydrogen (secondary N) is 2. The summed E-state index contributed by atoms with van der Waals surface area (Å²) < 4.78 is 0. The van der Waals surface area contributed by atoms with E-state index in [0.29, 0.717) is 0 Å². The quantitative estimate of drug-likeness (QED) is 0.134. The zero-order valence-corrected chi connectivity index (χ0v) is 34.5. The molecule has 6 nitrogen and oxygen atoms in total. The molecule has 2 aliphatic heterocycles. The molecule has 5 aromatic rings. The third-order valence-corrected chi connectivity index (χ3v) is 11.8. The summed E-state index contributed by atoms with van der Waals surface area (Å²) in [5, 5.41) is 10.3. The van der Waals surface area contributed by atoms with Gasteiger partial charge in [-0.05, 0) is 152 Å². The van der Waals surface area contributed by atoms with Crippen LogP contribution < -0.4 is 0 Å². The Morgan fingerprint density at radius 1 is 0.600 bits per heavy atom. The molecule has 0 aliphatic carbocycles. The lowest BCUT2D eigenvalue weighted by atomic mass is 9.91. The highest BCUT2D eigenvalue weighted by Gasteiger charge is 2.27. The fraction of sp³-hybridized carbons (Fsp3) is 0.347. The van der Waals surface area contributed by atoms with Crippen molar-refractivity contribution < 1.29 is 5.11 Å². The molecule has 0 saturated carbocycles. The van der Waals surface area contributed by atoms with Gasteiger partial charge in [0.05, 0.1) is 33.8 Å². The van der Waals surface area contributed by atoms with E-state index < -0.39 is 0 Å². The van der Waals surface area contributed by atoms with Gasteiger partial charge in [-0.15, -0.1) is 0 Å². The molecule has 6 heteroatoms. The summed E-state index contributed by atoms with van der Waals surface area (Å²) in [6.07, 6.45) is 5.30. The van der Waals surface area contributed by atoms with Crippen LogP contribution in [-0.4, -0.2) is 44.0 Å². The molecule has 284 valence electrons. The Bertz CT molecular complexity index is 2520.